The normalized spacial score (nSPS) is 11.1. The van der Waals surface area contributed by atoms with Crippen LogP contribution >= 0.6 is 8.60 Å². The second kappa shape index (κ2) is 12.6. The molecule has 8 nitrogen and oxygen atoms in total. The van der Waals surface area contributed by atoms with Gasteiger partial charge in [0.1, 0.15) is 11.6 Å². The molecule has 11 heteroatoms. The van der Waals surface area contributed by atoms with Crippen molar-refractivity contribution in [3.63, 3.8) is 0 Å². The largest absolute Gasteiger partial charge is 0.380 e. The number of rotatable bonds is 11. The van der Waals surface area contributed by atoms with E-state index in [0.717, 1.165) is 6.07 Å². The molecular formula is C23H23F2N2O6P. The highest BCUT2D eigenvalue weighted by Crippen LogP contribution is 2.26. The molecule has 3 rings (SSSR count). The summed E-state index contributed by atoms with van der Waals surface area (Å²) in [6.45, 7) is -0.158. The summed E-state index contributed by atoms with van der Waals surface area (Å²) in [4.78, 5) is 34.5. The zero-order valence-electron chi connectivity index (χ0n) is 18.2. The van der Waals surface area contributed by atoms with Gasteiger partial charge in [0.15, 0.2) is 6.79 Å². The van der Waals surface area contributed by atoms with Gasteiger partial charge in [0, 0.05) is 36.5 Å². The van der Waals surface area contributed by atoms with Crippen LogP contribution in [0.4, 0.5) is 8.78 Å². The summed E-state index contributed by atoms with van der Waals surface area (Å²) in [7, 11) is -1.06. The molecule has 3 N–H and O–H groups in total. The molecule has 180 valence electrons. The van der Waals surface area contributed by atoms with Crippen LogP contribution in [0.25, 0.3) is 11.3 Å². The number of nitrogens with one attached hydrogen (secondary N) is 1. The molecule has 0 aliphatic rings. The molecule has 0 bridgehead atoms. The predicted octanol–water partition coefficient (Wildman–Crippen LogP) is 3.81. The molecule has 1 amide bonds. The first-order valence-corrected chi connectivity index (χ1v) is 11.2. The number of hydrogen-bond acceptors (Lipinski definition) is 7. The van der Waals surface area contributed by atoms with Crippen LogP contribution in [0.15, 0.2) is 54.7 Å². The van der Waals surface area contributed by atoms with Crippen molar-refractivity contribution in [1.29, 1.82) is 0 Å². The monoisotopic (exact) mass is 492 g/mol. The number of pyridine rings is 1. The summed E-state index contributed by atoms with van der Waals surface area (Å²) in [5.41, 5.74) is 2.28. The second-order valence-corrected chi connectivity index (χ2v) is 7.86. The number of aromatic nitrogens is 1. The van der Waals surface area contributed by atoms with E-state index in [9.17, 15) is 13.6 Å². The van der Waals surface area contributed by atoms with Gasteiger partial charge in [-0.3, -0.25) is 14.3 Å². The van der Waals surface area contributed by atoms with E-state index in [0.29, 0.717) is 27.9 Å². The van der Waals surface area contributed by atoms with E-state index in [4.69, 9.17) is 19.3 Å². The quantitative estimate of drug-likeness (QED) is 0.212. The number of benzene rings is 2. The third kappa shape index (κ3) is 7.07. The maximum Gasteiger partial charge on any atom is 0.329 e. The van der Waals surface area contributed by atoms with E-state index in [-0.39, 0.29) is 32.1 Å². The fraction of sp³-hybridized carbons (Fsp3) is 0.217. The van der Waals surface area contributed by atoms with Crippen molar-refractivity contribution in [3.05, 3.63) is 88.6 Å². The van der Waals surface area contributed by atoms with E-state index >= 15 is 0 Å². The lowest BCUT2D eigenvalue weighted by Crippen LogP contribution is -2.24. The Morgan fingerprint density at radius 1 is 1.06 bits per heavy atom. The number of amides is 1. The van der Waals surface area contributed by atoms with Crippen LogP contribution in [0, 0.1) is 11.6 Å². The molecule has 2 aromatic carbocycles. The second-order valence-electron chi connectivity index (χ2n) is 7.10. The first-order chi connectivity index (χ1) is 16.4. The lowest BCUT2D eigenvalue weighted by atomic mass is 10.0. The fourth-order valence-electron chi connectivity index (χ4n) is 3.15. The molecule has 0 radical (unpaired) electrons. The Labute approximate surface area is 196 Å². The molecule has 0 saturated carbocycles. The molecule has 1 aromatic heterocycles. The van der Waals surface area contributed by atoms with Gasteiger partial charge in [-0.05, 0) is 35.9 Å². The highest BCUT2D eigenvalue weighted by atomic mass is 31.2. The summed E-state index contributed by atoms with van der Waals surface area (Å²) in [6.07, 6.45) is 1.54. The molecule has 34 heavy (non-hydrogen) atoms. The summed E-state index contributed by atoms with van der Waals surface area (Å²) in [6, 6.07) is 12.0. The van der Waals surface area contributed by atoms with Crippen molar-refractivity contribution in [2.75, 3.05) is 13.9 Å². The molecule has 1 heterocycles. The van der Waals surface area contributed by atoms with Crippen molar-refractivity contribution in [1.82, 2.24) is 10.3 Å². The molecule has 0 spiro atoms. The van der Waals surface area contributed by atoms with Crippen molar-refractivity contribution in [2.45, 2.75) is 19.8 Å². The number of nitrogens with zero attached hydrogens (tertiary/aromatic N) is 1. The minimum absolute atomic E-state index is 0.00755. The van der Waals surface area contributed by atoms with Gasteiger partial charge >= 0.3 is 8.60 Å². The van der Waals surface area contributed by atoms with Crippen molar-refractivity contribution in [3.8, 4) is 11.3 Å². The van der Waals surface area contributed by atoms with Gasteiger partial charge in [0.2, 0.25) is 0 Å². The van der Waals surface area contributed by atoms with Crippen molar-refractivity contribution >= 4 is 14.5 Å². The first kappa shape index (κ1) is 25.8. The predicted molar refractivity (Wildman–Crippen MR) is 120 cm³/mol. The smallest absolute Gasteiger partial charge is 0.329 e. The molecule has 3 aromatic rings. The van der Waals surface area contributed by atoms with Gasteiger partial charge in [-0.1, -0.05) is 18.2 Å². The average Bonchev–Trinajstić information content (AvgIpc) is 2.82. The number of halogens is 2. The van der Waals surface area contributed by atoms with Gasteiger partial charge in [0.05, 0.1) is 24.5 Å². The number of hydrogen-bond donors (Lipinski definition) is 3. The Bertz CT molecular complexity index is 1130. The molecule has 0 aliphatic heterocycles. The Balaban J connectivity index is 1.73. The van der Waals surface area contributed by atoms with E-state index in [2.05, 4.69) is 14.8 Å². The zero-order valence-corrected chi connectivity index (χ0v) is 19.1. The lowest BCUT2D eigenvalue weighted by molar-refractivity contribution is -0.00103. The summed E-state index contributed by atoms with van der Waals surface area (Å²) in [5.74, 6) is -1.84. The van der Waals surface area contributed by atoms with Crippen LogP contribution in [0.2, 0.25) is 0 Å². The van der Waals surface area contributed by atoms with Crippen LogP contribution in [0.3, 0.4) is 0 Å². The first-order valence-electron chi connectivity index (χ1n) is 10.1. The van der Waals surface area contributed by atoms with Crippen molar-refractivity contribution < 1.29 is 37.4 Å². The average molecular weight is 492 g/mol. The van der Waals surface area contributed by atoms with Gasteiger partial charge < -0.3 is 24.6 Å². The summed E-state index contributed by atoms with van der Waals surface area (Å²) in [5, 5.41) is 2.60. The standard InChI is InChI=1S/C23H23F2N2O6P/c1-31-12-17-5-4-15(9-21(17)25)11-27-23(28)19-10-16(6-7-20(19)24)22-18(3-2-8-26-22)13-32-14-33-34(29)30/h2-10,29-30H,11-14H2,1H3,(H,27,28). The highest BCUT2D eigenvalue weighted by Gasteiger charge is 2.16. The third-order valence-corrected chi connectivity index (χ3v) is 5.09. The van der Waals surface area contributed by atoms with Crippen LogP contribution < -0.4 is 5.32 Å². The summed E-state index contributed by atoms with van der Waals surface area (Å²) >= 11 is 0. The van der Waals surface area contributed by atoms with Crippen molar-refractivity contribution in [2.24, 2.45) is 0 Å². The number of methoxy groups -OCH3 is 1. The maximum atomic E-state index is 14.4. The van der Waals surface area contributed by atoms with Crippen LogP contribution in [0.1, 0.15) is 27.0 Å². The maximum absolute atomic E-state index is 14.4. The fourth-order valence-corrected chi connectivity index (χ4v) is 3.32. The van der Waals surface area contributed by atoms with Gasteiger partial charge in [-0.15, -0.1) is 0 Å². The minimum Gasteiger partial charge on any atom is -0.380 e. The number of carbonyl (C=O) groups excluding carboxylic acids is 1. The minimum atomic E-state index is -2.53. The molecular weight excluding hydrogens is 469 g/mol. The third-order valence-electron chi connectivity index (χ3n) is 4.76. The van der Waals surface area contributed by atoms with Crippen LogP contribution in [-0.4, -0.2) is 34.6 Å². The number of carbonyl (C=O) groups is 1. The Hall–Kier alpha value is -2.85. The Morgan fingerprint density at radius 3 is 2.62 bits per heavy atom. The topological polar surface area (TPSA) is 110 Å². The van der Waals surface area contributed by atoms with Gasteiger partial charge in [-0.2, -0.15) is 0 Å². The van der Waals surface area contributed by atoms with Gasteiger partial charge in [-0.25, -0.2) is 8.78 Å². The van der Waals surface area contributed by atoms with Crippen LogP contribution in [-0.2, 0) is 33.8 Å². The molecule has 0 aliphatic carbocycles. The molecule has 0 saturated heterocycles. The van der Waals surface area contributed by atoms with E-state index in [1.165, 1.54) is 25.3 Å². The number of ether oxygens (including phenoxy) is 2. The van der Waals surface area contributed by atoms with E-state index < -0.39 is 26.1 Å². The summed E-state index contributed by atoms with van der Waals surface area (Å²) < 4.78 is 43.3. The Morgan fingerprint density at radius 2 is 1.88 bits per heavy atom. The van der Waals surface area contributed by atoms with E-state index in [1.807, 2.05) is 0 Å². The molecule has 0 unspecified atom stereocenters. The Kier molecular flexibility index (Phi) is 9.52. The van der Waals surface area contributed by atoms with Crippen LogP contribution in [0.5, 0.6) is 0 Å². The van der Waals surface area contributed by atoms with E-state index in [1.54, 1.807) is 30.5 Å². The molecule has 0 atom stereocenters. The zero-order chi connectivity index (χ0) is 24.5. The SMILES string of the molecule is COCc1ccc(CNC(=O)c2cc(-c3ncccc3COCOP(O)O)ccc2F)cc1F. The highest BCUT2D eigenvalue weighted by molar-refractivity contribution is 7.39. The molecule has 0 fully saturated rings. The van der Waals surface area contributed by atoms with Gasteiger partial charge in [0.25, 0.3) is 5.91 Å². The lowest BCUT2D eigenvalue weighted by Gasteiger charge is -2.12.